The number of carbonyl (C=O) groups is 2. The molecule has 0 atom stereocenters. The number of carbonyl (C=O) groups excluding carboxylic acids is 2. The van der Waals surface area contributed by atoms with Gasteiger partial charge >= 0.3 is 0 Å². The maximum atomic E-state index is 12.8. The fraction of sp³-hybridized carbons (Fsp3) is 0.208. The van der Waals surface area contributed by atoms with Gasteiger partial charge in [0.25, 0.3) is 5.91 Å². The van der Waals surface area contributed by atoms with Crippen LogP contribution in [0, 0.1) is 6.92 Å². The first-order valence-corrected chi connectivity index (χ1v) is 10.2. The van der Waals surface area contributed by atoms with Crippen molar-refractivity contribution in [2.24, 2.45) is 0 Å². The Morgan fingerprint density at radius 2 is 2.13 bits per heavy atom. The van der Waals surface area contributed by atoms with E-state index >= 15 is 0 Å². The van der Waals surface area contributed by atoms with Crippen molar-refractivity contribution in [3.05, 3.63) is 83.2 Å². The largest absolute Gasteiger partial charge is 0.487 e. The van der Waals surface area contributed by atoms with Crippen molar-refractivity contribution >= 4 is 23.0 Å². The summed E-state index contributed by atoms with van der Waals surface area (Å²) in [5.74, 6) is 1.08. The second kappa shape index (κ2) is 7.75. The first kappa shape index (κ1) is 19.1. The summed E-state index contributed by atoms with van der Waals surface area (Å²) in [6, 6.07) is 13.0. The lowest BCUT2D eigenvalue weighted by molar-refractivity contribution is 0.0963. The van der Waals surface area contributed by atoms with Crippen molar-refractivity contribution in [2.75, 3.05) is 5.32 Å². The highest BCUT2D eigenvalue weighted by Crippen LogP contribution is 2.30. The minimum absolute atomic E-state index is 0.0453. The van der Waals surface area contributed by atoms with Gasteiger partial charge in [-0.05, 0) is 37.6 Å². The van der Waals surface area contributed by atoms with Gasteiger partial charge in [0, 0.05) is 42.6 Å². The Balaban J connectivity index is 1.29. The van der Waals surface area contributed by atoms with Crippen LogP contribution in [-0.4, -0.2) is 21.1 Å². The smallest absolute Gasteiger partial charge is 0.291 e. The molecule has 1 aromatic carbocycles. The van der Waals surface area contributed by atoms with E-state index in [9.17, 15) is 9.59 Å². The topological polar surface area (TPSA) is 85.8 Å². The first-order valence-electron chi connectivity index (χ1n) is 10.2. The number of amides is 1. The number of imidazole rings is 1. The number of nitrogens with one attached hydrogen (secondary N) is 1. The lowest BCUT2D eigenvalue weighted by Crippen LogP contribution is -2.13. The highest BCUT2D eigenvalue weighted by Gasteiger charge is 2.28. The summed E-state index contributed by atoms with van der Waals surface area (Å²) < 4.78 is 13.5. The molecule has 0 unspecified atom stereocenters. The van der Waals surface area contributed by atoms with Crippen molar-refractivity contribution in [1.82, 2.24) is 9.38 Å². The van der Waals surface area contributed by atoms with Gasteiger partial charge in [-0.1, -0.05) is 12.1 Å². The molecule has 1 amide bonds. The molecule has 1 aliphatic carbocycles. The molecule has 1 aliphatic rings. The number of hydrogen-bond donors (Lipinski definition) is 1. The zero-order valence-corrected chi connectivity index (χ0v) is 17.1. The number of rotatable bonds is 5. The molecule has 31 heavy (non-hydrogen) atoms. The van der Waals surface area contributed by atoms with E-state index in [2.05, 4.69) is 10.3 Å². The molecular weight excluding hydrogens is 394 g/mol. The van der Waals surface area contributed by atoms with Crippen LogP contribution < -0.4 is 10.1 Å². The van der Waals surface area contributed by atoms with Crippen LogP contribution in [0.4, 0.5) is 5.69 Å². The fourth-order valence-corrected chi connectivity index (χ4v) is 3.93. The van der Waals surface area contributed by atoms with Gasteiger partial charge in [-0.2, -0.15) is 0 Å². The SMILES string of the molecule is Cc1c(C(=O)Nc2cccc(OCc3cn4ccccc4n3)c2)oc2c1C(=O)CCC2. The number of ketones is 1. The Morgan fingerprint density at radius 1 is 1.23 bits per heavy atom. The van der Waals surface area contributed by atoms with Gasteiger partial charge < -0.3 is 18.9 Å². The molecule has 0 fully saturated rings. The number of hydrogen-bond acceptors (Lipinski definition) is 5. The summed E-state index contributed by atoms with van der Waals surface area (Å²) >= 11 is 0. The third-order valence-electron chi connectivity index (χ3n) is 5.40. The molecule has 0 spiro atoms. The van der Waals surface area contributed by atoms with Crippen molar-refractivity contribution in [1.29, 1.82) is 0 Å². The fourth-order valence-electron chi connectivity index (χ4n) is 3.93. The van der Waals surface area contributed by atoms with Gasteiger partial charge in [0.1, 0.15) is 23.8 Å². The minimum Gasteiger partial charge on any atom is -0.487 e. The summed E-state index contributed by atoms with van der Waals surface area (Å²) in [5, 5.41) is 2.84. The van der Waals surface area contributed by atoms with Crippen molar-refractivity contribution in [3.8, 4) is 5.75 Å². The number of fused-ring (bicyclic) bond motifs is 2. The van der Waals surface area contributed by atoms with Crippen LogP contribution in [0.5, 0.6) is 5.75 Å². The summed E-state index contributed by atoms with van der Waals surface area (Å²) in [6.07, 6.45) is 5.79. The Kier molecular flexibility index (Phi) is 4.78. The van der Waals surface area contributed by atoms with E-state index < -0.39 is 0 Å². The first-order chi connectivity index (χ1) is 15.1. The van der Waals surface area contributed by atoms with E-state index in [1.165, 1.54) is 0 Å². The Hall–Kier alpha value is -3.87. The van der Waals surface area contributed by atoms with E-state index in [4.69, 9.17) is 9.15 Å². The predicted molar refractivity (Wildman–Crippen MR) is 115 cm³/mol. The lowest BCUT2D eigenvalue weighted by Gasteiger charge is -2.08. The van der Waals surface area contributed by atoms with E-state index in [-0.39, 0.29) is 17.5 Å². The van der Waals surface area contributed by atoms with Crippen molar-refractivity contribution in [3.63, 3.8) is 0 Å². The summed E-state index contributed by atoms with van der Waals surface area (Å²) in [5.41, 5.74) is 3.43. The Morgan fingerprint density at radius 3 is 2.97 bits per heavy atom. The molecule has 156 valence electrons. The summed E-state index contributed by atoms with van der Waals surface area (Å²) in [6.45, 7) is 2.07. The number of pyridine rings is 1. The molecule has 4 aromatic rings. The summed E-state index contributed by atoms with van der Waals surface area (Å²) in [4.78, 5) is 29.5. The van der Waals surface area contributed by atoms with Crippen LogP contribution in [0.2, 0.25) is 0 Å². The standard InChI is InChI=1S/C24H21N3O4/c1-15-22-19(28)8-5-9-20(22)31-23(15)24(29)26-16-6-4-7-18(12-16)30-14-17-13-27-11-3-2-10-21(27)25-17/h2-4,6-7,10-13H,5,8-9,14H2,1H3,(H,26,29). The van der Waals surface area contributed by atoms with Gasteiger partial charge in [0.15, 0.2) is 11.5 Å². The van der Waals surface area contributed by atoms with E-state index in [0.29, 0.717) is 47.8 Å². The second-order valence-electron chi connectivity index (χ2n) is 7.60. The molecule has 0 saturated carbocycles. The average molecular weight is 415 g/mol. The third-order valence-corrected chi connectivity index (χ3v) is 5.40. The third kappa shape index (κ3) is 3.70. The molecule has 1 N–H and O–H groups in total. The molecule has 0 saturated heterocycles. The maximum absolute atomic E-state index is 12.8. The quantitative estimate of drug-likeness (QED) is 0.515. The number of anilines is 1. The van der Waals surface area contributed by atoms with E-state index in [1.807, 2.05) is 41.1 Å². The van der Waals surface area contributed by atoms with Gasteiger partial charge in [-0.25, -0.2) is 4.98 Å². The van der Waals surface area contributed by atoms with Gasteiger partial charge in [0.05, 0.1) is 11.3 Å². The van der Waals surface area contributed by atoms with Crippen LogP contribution in [-0.2, 0) is 13.0 Å². The van der Waals surface area contributed by atoms with Crippen molar-refractivity contribution < 1.29 is 18.7 Å². The Labute approximate surface area is 178 Å². The minimum atomic E-state index is -0.378. The highest BCUT2D eigenvalue weighted by molar-refractivity contribution is 6.07. The number of Topliss-reactive ketones (excluding diaryl/α,β-unsaturated/α-hetero) is 1. The molecule has 3 heterocycles. The zero-order chi connectivity index (χ0) is 21.4. The highest BCUT2D eigenvalue weighted by atomic mass is 16.5. The number of nitrogens with zero attached hydrogens (tertiary/aromatic N) is 2. The van der Waals surface area contributed by atoms with E-state index in [1.54, 1.807) is 25.1 Å². The second-order valence-corrected chi connectivity index (χ2v) is 7.60. The van der Waals surface area contributed by atoms with Gasteiger partial charge in [-0.15, -0.1) is 0 Å². The molecule has 7 heteroatoms. The van der Waals surface area contributed by atoms with Crippen LogP contribution >= 0.6 is 0 Å². The molecule has 7 nitrogen and oxygen atoms in total. The van der Waals surface area contributed by atoms with Gasteiger partial charge in [-0.3, -0.25) is 9.59 Å². The lowest BCUT2D eigenvalue weighted by atomic mass is 9.94. The molecule has 0 aliphatic heterocycles. The summed E-state index contributed by atoms with van der Waals surface area (Å²) in [7, 11) is 0. The zero-order valence-electron chi connectivity index (χ0n) is 17.1. The van der Waals surface area contributed by atoms with E-state index in [0.717, 1.165) is 17.8 Å². The van der Waals surface area contributed by atoms with Crippen LogP contribution in [0.1, 0.15) is 50.8 Å². The number of furan rings is 1. The van der Waals surface area contributed by atoms with Gasteiger partial charge in [0.2, 0.25) is 0 Å². The van der Waals surface area contributed by atoms with Crippen LogP contribution in [0.15, 0.2) is 59.3 Å². The van der Waals surface area contributed by atoms with Crippen LogP contribution in [0.3, 0.4) is 0 Å². The number of ether oxygens (including phenoxy) is 1. The molecular formula is C24H21N3O4. The predicted octanol–water partition coefficient (Wildman–Crippen LogP) is 4.59. The molecule has 3 aromatic heterocycles. The number of benzene rings is 1. The number of aromatic nitrogens is 2. The molecule has 0 bridgehead atoms. The Bertz CT molecular complexity index is 1270. The van der Waals surface area contributed by atoms with Crippen LogP contribution in [0.25, 0.3) is 5.65 Å². The number of aryl methyl sites for hydroxylation is 1. The molecule has 5 rings (SSSR count). The van der Waals surface area contributed by atoms with Crippen molar-refractivity contribution in [2.45, 2.75) is 32.8 Å². The molecule has 0 radical (unpaired) electrons. The normalized spacial score (nSPS) is 13.3. The monoisotopic (exact) mass is 415 g/mol. The maximum Gasteiger partial charge on any atom is 0.291 e. The average Bonchev–Trinajstić information content (AvgIpc) is 3.34.